The van der Waals surface area contributed by atoms with Crippen LogP contribution in [0.5, 0.6) is 0 Å². The molecule has 1 rings (SSSR count). The normalized spacial score (nSPS) is 24.4. The van der Waals surface area contributed by atoms with Gasteiger partial charge in [0.1, 0.15) is 0 Å². The Bertz CT molecular complexity index is 280. The van der Waals surface area contributed by atoms with Gasteiger partial charge >= 0.3 is 0 Å². The standard InChI is InChI=1S/C16H26O/c1-3-4-7-11-15-13-16(15)12-9-6-5-8-10-14(2)17/h8,10,14-17H,3-4,7,9,11-13H2,1-2H3/b10-8+/t14-,15+,16-/m0/s1. The van der Waals surface area contributed by atoms with Crippen LogP contribution >= 0.6 is 0 Å². The van der Waals surface area contributed by atoms with E-state index in [1.807, 2.05) is 0 Å². The molecule has 0 bridgehead atoms. The number of hydrogen-bond donors (Lipinski definition) is 1. The fraction of sp³-hybridized carbons (Fsp3) is 0.750. The number of aliphatic hydroxyl groups excluding tert-OH is 1. The Kier molecular flexibility index (Phi) is 7.05. The Morgan fingerprint density at radius 3 is 2.76 bits per heavy atom. The Morgan fingerprint density at radius 2 is 2.06 bits per heavy atom. The van der Waals surface area contributed by atoms with Crippen LogP contribution in [0.15, 0.2) is 12.2 Å². The molecule has 1 aliphatic carbocycles. The summed E-state index contributed by atoms with van der Waals surface area (Å²) < 4.78 is 0. The molecule has 1 nitrogen and oxygen atoms in total. The SMILES string of the molecule is CCCCC[C@@H]1C[C@@H]1CCC#C/C=C/[C@H](C)O. The average Bonchev–Trinajstić information content (AvgIpc) is 3.02. The van der Waals surface area contributed by atoms with Crippen LogP contribution in [0.1, 0.15) is 58.8 Å². The van der Waals surface area contributed by atoms with Crippen LogP contribution in [0.25, 0.3) is 0 Å². The summed E-state index contributed by atoms with van der Waals surface area (Å²) in [6, 6.07) is 0. The van der Waals surface area contributed by atoms with Gasteiger partial charge in [0.2, 0.25) is 0 Å². The van der Waals surface area contributed by atoms with Gasteiger partial charge in [0.25, 0.3) is 0 Å². The van der Waals surface area contributed by atoms with E-state index < -0.39 is 0 Å². The van der Waals surface area contributed by atoms with Gasteiger partial charge < -0.3 is 5.11 Å². The fourth-order valence-corrected chi connectivity index (χ4v) is 2.25. The number of allylic oxidation sites excluding steroid dienone is 1. The lowest BCUT2D eigenvalue weighted by atomic mass is 10.1. The third kappa shape index (κ3) is 7.23. The first-order chi connectivity index (χ1) is 8.24. The van der Waals surface area contributed by atoms with Crippen molar-refractivity contribution in [3.63, 3.8) is 0 Å². The third-order valence-corrected chi connectivity index (χ3v) is 3.45. The molecule has 0 heterocycles. The minimum atomic E-state index is -0.379. The summed E-state index contributed by atoms with van der Waals surface area (Å²) in [5.74, 6) is 8.10. The van der Waals surface area contributed by atoms with Gasteiger partial charge in [0.05, 0.1) is 6.10 Å². The Labute approximate surface area is 106 Å². The van der Waals surface area contributed by atoms with E-state index in [2.05, 4.69) is 18.8 Å². The van der Waals surface area contributed by atoms with Crippen molar-refractivity contribution in [2.24, 2.45) is 11.8 Å². The predicted octanol–water partition coefficient (Wildman–Crippen LogP) is 3.92. The number of aliphatic hydroxyl groups is 1. The summed E-state index contributed by atoms with van der Waals surface area (Å²) in [5.41, 5.74) is 0. The molecular formula is C16H26O. The smallest absolute Gasteiger partial charge is 0.0701 e. The van der Waals surface area contributed by atoms with Crippen LogP contribution in [0.4, 0.5) is 0 Å². The third-order valence-electron chi connectivity index (χ3n) is 3.45. The summed E-state index contributed by atoms with van der Waals surface area (Å²) in [6.45, 7) is 4.00. The molecule has 1 heteroatoms. The van der Waals surface area contributed by atoms with Gasteiger partial charge in [-0.3, -0.25) is 0 Å². The van der Waals surface area contributed by atoms with Gasteiger partial charge in [-0.25, -0.2) is 0 Å². The summed E-state index contributed by atoms with van der Waals surface area (Å²) in [6.07, 6.45) is 12.4. The van der Waals surface area contributed by atoms with Crippen molar-refractivity contribution in [2.75, 3.05) is 0 Å². The first kappa shape index (κ1) is 14.3. The number of unbranched alkanes of at least 4 members (excludes halogenated alkanes) is 2. The molecule has 0 aliphatic heterocycles. The molecule has 0 aromatic rings. The first-order valence-electron chi connectivity index (χ1n) is 7.07. The zero-order chi connectivity index (χ0) is 12.5. The number of hydrogen-bond acceptors (Lipinski definition) is 1. The van der Waals surface area contributed by atoms with Gasteiger partial charge in [0.15, 0.2) is 0 Å². The van der Waals surface area contributed by atoms with E-state index in [-0.39, 0.29) is 6.10 Å². The summed E-state index contributed by atoms with van der Waals surface area (Å²) in [4.78, 5) is 0. The van der Waals surface area contributed by atoms with Gasteiger partial charge in [-0.15, -0.1) is 0 Å². The van der Waals surface area contributed by atoms with Crippen molar-refractivity contribution in [3.8, 4) is 11.8 Å². The minimum Gasteiger partial charge on any atom is -0.389 e. The molecular weight excluding hydrogens is 208 g/mol. The van der Waals surface area contributed by atoms with Gasteiger partial charge in [-0.2, -0.15) is 0 Å². The highest BCUT2D eigenvalue weighted by Crippen LogP contribution is 2.45. The van der Waals surface area contributed by atoms with Crippen LogP contribution in [-0.2, 0) is 0 Å². The molecule has 17 heavy (non-hydrogen) atoms. The van der Waals surface area contributed by atoms with Crippen molar-refractivity contribution >= 4 is 0 Å². The second kappa shape index (κ2) is 8.37. The lowest BCUT2D eigenvalue weighted by Crippen LogP contribution is -1.90. The van der Waals surface area contributed by atoms with Crippen molar-refractivity contribution in [1.29, 1.82) is 0 Å². The summed E-state index contributed by atoms with van der Waals surface area (Å²) >= 11 is 0. The zero-order valence-corrected chi connectivity index (χ0v) is 11.3. The lowest BCUT2D eigenvalue weighted by Gasteiger charge is -1.97. The van der Waals surface area contributed by atoms with E-state index in [1.54, 1.807) is 19.1 Å². The van der Waals surface area contributed by atoms with Gasteiger partial charge in [0, 0.05) is 6.42 Å². The highest BCUT2D eigenvalue weighted by molar-refractivity contribution is 5.16. The summed E-state index contributed by atoms with van der Waals surface area (Å²) in [5, 5.41) is 8.99. The van der Waals surface area contributed by atoms with Crippen LogP contribution in [0.2, 0.25) is 0 Å². The molecule has 3 atom stereocenters. The van der Waals surface area contributed by atoms with Crippen LogP contribution in [0, 0.1) is 23.7 Å². The van der Waals surface area contributed by atoms with Crippen molar-refractivity contribution in [3.05, 3.63) is 12.2 Å². The maximum Gasteiger partial charge on any atom is 0.0701 e. The van der Waals surface area contributed by atoms with E-state index >= 15 is 0 Å². The van der Waals surface area contributed by atoms with Gasteiger partial charge in [-0.1, -0.05) is 44.4 Å². The molecule has 0 amide bonds. The number of rotatable bonds is 7. The molecule has 0 unspecified atom stereocenters. The Morgan fingerprint density at radius 1 is 1.29 bits per heavy atom. The van der Waals surface area contributed by atoms with Crippen molar-refractivity contribution in [1.82, 2.24) is 0 Å². The van der Waals surface area contributed by atoms with E-state index in [1.165, 1.54) is 38.5 Å². The largest absolute Gasteiger partial charge is 0.389 e. The monoisotopic (exact) mass is 234 g/mol. The molecule has 1 N–H and O–H groups in total. The molecule has 1 fully saturated rings. The topological polar surface area (TPSA) is 20.2 Å². The van der Waals surface area contributed by atoms with E-state index in [4.69, 9.17) is 5.11 Å². The van der Waals surface area contributed by atoms with Crippen LogP contribution in [0.3, 0.4) is 0 Å². The predicted molar refractivity (Wildman–Crippen MR) is 73.6 cm³/mol. The zero-order valence-electron chi connectivity index (χ0n) is 11.3. The molecule has 1 aliphatic rings. The molecule has 0 aromatic carbocycles. The molecule has 0 spiro atoms. The molecule has 0 aromatic heterocycles. The van der Waals surface area contributed by atoms with Crippen molar-refractivity contribution in [2.45, 2.75) is 64.9 Å². The van der Waals surface area contributed by atoms with Crippen LogP contribution in [-0.4, -0.2) is 11.2 Å². The molecule has 1 saturated carbocycles. The van der Waals surface area contributed by atoms with Gasteiger partial charge in [-0.05, 0) is 43.8 Å². The van der Waals surface area contributed by atoms with E-state index in [0.29, 0.717) is 0 Å². The Balaban J connectivity index is 1.98. The second-order valence-corrected chi connectivity index (χ2v) is 5.21. The highest BCUT2D eigenvalue weighted by atomic mass is 16.3. The van der Waals surface area contributed by atoms with E-state index in [9.17, 15) is 0 Å². The fourth-order valence-electron chi connectivity index (χ4n) is 2.25. The summed E-state index contributed by atoms with van der Waals surface area (Å²) in [7, 11) is 0. The molecule has 0 radical (unpaired) electrons. The lowest BCUT2D eigenvalue weighted by molar-refractivity contribution is 0.244. The van der Waals surface area contributed by atoms with Crippen molar-refractivity contribution < 1.29 is 5.11 Å². The molecule has 96 valence electrons. The van der Waals surface area contributed by atoms with E-state index in [0.717, 1.165) is 18.3 Å². The second-order valence-electron chi connectivity index (χ2n) is 5.21. The quantitative estimate of drug-likeness (QED) is 0.523. The maximum absolute atomic E-state index is 8.99. The average molecular weight is 234 g/mol. The highest BCUT2D eigenvalue weighted by Gasteiger charge is 2.34. The Hall–Kier alpha value is -0.740. The minimum absolute atomic E-state index is 0.379. The van der Waals surface area contributed by atoms with Crippen LogP contribution < -0.4 is 0 Å². The first-order valence-corrected chi connectivity index (χ1v) is 7.07. The molecule has 0 saturated heterocycles. The maximum atomic E-state index is 8.99.